The number of halogens is 2. The molecule has 0 unspecified atom stereocenters. The van der Waals surface area contributed by atoms with E-state index in [9.17, 15) is 13.6 Å². The number of para-hydroxylation sites is 1. The lowest BCUT2D eigenvalue weighted by Gasteiger charge is -2.31. The SMILES string of the molecule is Cc1cccc2sc(OC3CCN(C(=O)c4c(F)cccc4F)CC3)nc12. The Morgan fingerprint density at radius 1 is 1.15 bits per heavy atom. The Bertz CT molecular complexity index is 977. The van der Waals surface area contributed by atoms with Crippen LogP contribution in [0, 0.1) is 18.6 Å². The number of aromatic nitrogens is 1. The first-order valence-corrected chi connectivity index (χ1v) is 9.60. The lowest BCUT2D eigenvalue weighted by molar-refractivity contribution is 0.0587. The van der Waals surface area contributed by atoms with Gasteiger partial charge in [-0.15, -0.1) is 0 Å². The van der Waals surface area contributed by atoms with E-state index >= 15 is 0 Å². The van der Waals surface area contributed by atoms with Crippen LogP contribution in [0.5, 0.6) is 5.19 Å². The molecule has 140 valence electrons. The molecular formula is C20H18F2N2O2S. The predicted octanol–water partition coefficient (Wildman–Crippen LogP) is 4.57. The van der Waals surface area contributed by atoms with E-state index in [1.54, 1.807) is 0 Å². The average Bonchev–Trinajstić information content (AvgIpc) is 3.06. The number of hydrogen-bond acceptors (Lipinski definition) is 4. The minimum Gasteiger partial charge on any atom is -0.467 e. The molecule has 1 aromatic heterocycles. The number of amides is 1. The zero-order valence-electron chi connectivity index (χ0n) is 14.7. The van der Waals surface area contributed by atoms with Gasteiger partial charge in [-0.05, 0) is 30.7 Å². The number of carbonyl (C=O) groups is 1. The van der Waals surface area contributed by atoms with Gasteiger partial charge in [0.05, 0.1) is 10.2 Å². The third kappa shape index (κ3) is 3.51. The minimum atomic E-state index is -0.830. The van der Waals surface area contributed by atoms with Gasteiger partial charge in [0.1, 0.15) is 23.3 Å². The van der Waals surface area contributed by atoms with E-state index < -0.39 is 23.1 Å². The van der Waals surface area contributed by atoms with Crippen molar-refractivity contribution in [1.29, 1.82) is 0 Å². The molecule has 0 N–H and O–H groups in total. The van der Waals surface area contributed by atoms with E-state index in [1.807, 2.05) is 25.1 Å². The summed E-state index contributed by atoms with van der Waals surface area (Å²) in [6, 6.07) is 9.46. The number of rotatable bonds is 3. The first kappa shape index (κ1) is 17.9. The summed E-state index contributed by atoms with van der Waals surface area (Å²) in [6.45, 7) is 2.79. The fourth-order valence-corrected chi connectivity index (χ4v) is 4.25. The molecule has 3 aromatic rings. The van der Waals surface area contributed by atoms with Crippen molar-refractivity contribution >= 4 is 27.5 Å². The molecule has 4 nitrogen and oxygen atoms in total. The molecule has 0 atom stereocenters. The van der Waals surface area contributed by atoms with E-state index in [1.165, 1.54) is 22.3 Å². The van der Waals surface area contributed by atoms with Gasteiger partial charge < -0.3 is 9.64 Å². The highest BCUT2D eigenvalue weighted by Crippen LogP contribution is 2.31. The fourth-order valence-electron chi connectivity index (χ4n) is 3.30. The predicted molar refractivity (Wildman–Crippen MR) is 100 cm³/mol. The maximum atomic E-state index is 13.8. The molecule has 1 fully saturated rings. The van der Waals surface area contributed by atoms with Crippen LogP contribution in [0.2, 0.25) is 0 Å². The molecule has 2 heterocycles. The van der Waals surface area contributed by atoms with E-state index in [4.69, 9.17) is 4.74 Å². The van der Waals surface area contributed by atoms with Crippen LogP contribution in [0.15, 0.2) is 36.4 Å². The molecule has 1 aliphatic heterocycles. The van der Waals surface area contributed by atoms with Crippen LogP contribution in [-0.2, 0) is 0 Å². The van der Waals surface area contributed by atoms with Crippen LogP contribution >= 0.6 is 11.3 Å². The third-order valence-electron chi connectivity index (χ3n) is 4.77. The van der Waals surface area contributed by atoms with Crippen molar-refractivity contribution in [2.45, 2.75) is 25.9 Å². The Balaban J connectivity index is 1.41. The van der Waals surface area contributed by atoms with Crippen molar-refractivity contribution in [3.05, 3.63) is 59.2 Å². The second-order valence-corrected chi connectivity index (χ2v) is 7.60. The molecule has 0 aliphatic carbocycles. The number of piperidine rings is 1. The lowest BCUT2D eigenvalue weighted by Crippen LogP contribution is -2.42. The maximum Gasteiger partial charge on any atom is 0.274 e. The maximum absolute atomic E-state index is 13.8. The molecule has 1 saturated heterocycles. The summed E-state index contributed by atoms with van der Waals surface area (Å²) in [5, 5.41) is 0.615. The molecule has 7 heteroatoms. The van der Waals surface area contributed by atoms with Crippen molar-refractivity contribution in [2.24, 2.45) is 0 Å². The van der Waals surface area contributed by atoms with Gasteiger partial charge in [0.15, 0.2) is 0 Å². The Hall–Kier alpha value is -2.54. The Morgan fingerprint density at radius 2 is 1.81 bits per heavy atom. The topological polar surface area (TPSA) is 42.4 Å². The van der Waals surface area contributed by atoms with Gasteiger partial charge in [-0.3, -0.25) is 4.79 Å². The van der Waals surface area contributed by atoms with Crippen molar-refractivity contribution < 1.29 is 18.3 Å². The zero-order chi connectivity index (χ0) is 19.0. The normalized spacial score (nSPS) is 15.3. The van der Waals surface area contributed by atoms with E-state index in [0.29, 0.717) is 31.1 Å². The Kier molecular flexibility index (Phi) is 4.78. The Labute approximate surface area is 159 Å². The molecule has 1 aliphatic rings. The largest absolute Gasteiger partial charge is 0.467 e. The number of aryl methyl sites for hydroxylation is 1. The number of thiazole rings is 1. The monoisotopic (exact) mass is 388 g/mol. The van der Waals surface area contributed by atoms with Gasteiger partial charge in [0.2, 0.25) is 0 Å². The number of ether oxygens (including phenoxy) is 1. The molecule has 0 bridgehead atoms. The van der Waals surface area contributed by atoms with Gasteiger partial charge in [0.25, 0.3) is 11.1 Å². The summed E-state index contributed by atoms with van der Waals surface area (Å²) in [5.74, 6) is -2.27. The molecule has 0 saturated carbocycles. The summed E-state index contributed by atoms with van der Waals surface area (Å²) >= 11 is 1.50. The van der Waals surface area contributed by atoms with Crippen LogP contribution in [0.1, 0.15) is 28.8 Å². The zero-order valence-corrected chi connectivity index (χ0v) is 15.6. The number of carbonyl (C=O) groups excluding carboxylic acids is 1. The minimum absolute atomic E-state index is 0.0691. The molecule has 1 amide bonds. The van der Waals surface area contributed by atoms with Gasteiger partial charge in [-0.2, -0.15) is 0 Å². The first-order chi connectivity index (χ1) is 13.0. The van der Waals surface area contributed by atoms with Gasteiger partial charge in [0, 0.05) is 25.9 Å². The third-order valence-corrected chi connectivity index (χ3v) is 5.69. The van der Waals surface area contributed by atoms with Crippen molar-refractivity contribution in [1.82, 2.24) is 9.88 Å². The summed E-state index contributed by atoms with van der Waals surface area (Å²) in [7, 11) is 0. The summed E-state index contributed by atoms with van der Waals surface area (Å²) < 4.78 is 34.7. The van der Waals surface area contributed by atoms with Crippen molar-refractivity contribution in [3.63, 3.8) is 0 Å². The van der Waals surface area contributed by atoms with Crippen LogP contribution in [0.3, 0.4) is 0 Å². The van der Waals surface area contributed by atoms with Crippen LogP contribution in [0.4, 0.5) is 8.78 Å². The molecule has 4 rings (SSSR count). The van der Waals surface area contributed by atoms with Gasteiger partial charge >= 0.3 is 0 Å². The summed E-state index contributed by atoms with van der Waals surface area (Å²) in [4.78, 5) is 18.5. The lowest BCUT2D eigenvalue weighted by atomic mass is 10.1. The van der Waals surface area contributed by atoms with Crippen LogP contribution in [-0.4, -0.2) is 35.0 Å². The van der Waals surface area contributed by atoms with E-state index in [2.05, 4.69) is 4.98 Å². The van der Waals surface area contributed by atoms with Crippen LogP contribution in [0.25, 0.3) is 10.2 Å². The summed E-state index contributed by atoms with van der Waals surface area (Å²) in [5.41, 5.74) is 1.56. The van der Waals surface area contributed by atoms with Gasteiger partial charge in [-0.25, -0.2) is 13.8 Å². The summed E-state index contributed by atoms with van der Waals surface area (Å²) in [6.07, 6.45) is 1.12. The number of nitrogens with zero attached hydrogens (tertiary/aromatic N) is 2. The smallest absolute Gasteiger partial charge is 0.274 e. The number of likely N-dealkylation sites (tertiary alicyclic amines) is 1. The van der Waals surface area contributed by atoms with Gasteiger partial charge in [-0.1, -0.05) is 29.5 Å². The number of fused-ring (bicyclic) bond motifs is 1. The second-order valence-electron chi connectivity index (χ2n) is 6.61. The van der Waals surface area contributed by atoms with Crippen LogP contribution < -0.4 is 4.74 Å². The second kappa shape index (κ2) is 7.23. The average molecular weight is 388 g/mol. The highest BCUT2D eigenvalue weighted by atomic mass is 32.1. The van der Waals surface area contributed by atoms with E-state index in [-0.39, 0.29) is 6.10 Å². The highest BCUT2D eigenvalue weighted by Gasteiger charge is 2.28. The molecule has 0 radical (unpaired) electrons. The van der Waals surface area contributed by atoms with Crippen molar-refractivity contribution in [2.75, 3.05) is 13.1 Å². The molecule has 27 heavy (non-hydrogen) atoms. The molecule has 2 aromatic carbocycles. The van der Waals surface area contributed by atoms with E-state index in [0.717, 1.165) is 27.9 Å². The van der Waals surface area contributed by atoms with Crippen molar-refractivity contribution in [3.8, 4) is 5.19 Å². The molecule has 0 spiro atoms. The number of benzene rings is 2. The first-order valence-electron chi connectivity index (χ1n) is 8.79. The Morgan fingerprint density at radius 3 is 2.48 bits per heavy atom. The molecular weight excluding hydrogens is 370 g/mol. The highest BCUT2D eigenvalue weighted by molar-refractivity contribution is 7.20. The standard InChI is InChI=1S/C20H18F2N2O2S/c1-12-4-2-7-16-18(12)23-20(27-16)26-13-8-10-24(11-9-13)19(25)17-14(21)5-3-6-15(17)22/h2-7,13H,8-11H2,1H3. The quantitative estimate of drug-likeness (QED) is 0.660. The fraction of sp³-hybridized carbons (Fsp3) is 0.300. The number of hydrogen-bond donors (Lipinski definition) is 0.